The van der Waals surface area contributed by atoms with Gasteiger partial charge in [-0.15, -0.1) is 0 Å². The fourth-order valence-corrected chi connectivity index (χ4v) is 1.10. The van der Waals surface area contributed by atoms with Crippen LogP contribution in [0.1, 0.15) is 11.1 Å². The van der Waals surface area contributed by atoms with Crippen LogP contribution in [0.15, 0.2) is 18.2 Å². The Balaban J connectivity index is 2.88. The van der Waals surface area contributed by atoms with Crippen molar-refractivity contribution >= 4 is 0 Å². The number of halogens is 4. The average molecular weight is 223 g/mol. The third kappa shape index (κ3) is 3.17. The summed E-state index contributed by atoms with van der Waals surface area (Å²) >= 11 is 0. The Morgan fingerprint density at radius 2 is 1.93 bits per heavy atom. The molecule has 84 valence electrons. The second kappa shape index (κ2) is 4.59. The molecule has 0 unspecified atom stereocenters. The summed E-state index contributed by atoms with van der Waals surface area (Å²) in [5.41, 5.74) is -0.856. The first-order chi connectivity index (χ1) is 6.95. The van der Waals surface area contributed by atoms with E-state index >= 15 is 0 Å². The Hall–Kier alpha value is -1.14. The van der Waals surface area contributed by atoms with Crippen LogP contribution in [0.4, 0.5) is 17.6 Å². The monoisotopic (exact) mass is 223 g/mol. The van der Waals surface area contributed by atoms with E-state index in [1.165, 1.54) is 0 Å². The molecule has 15 heavy (non-hydrogen) atoms. The van der Waals surface area contributed by atoms with Gasteiger partial charge in [0.15, 0.2) is 0 Å². The molecule has 6 heteroatoms. The van der Waals surface area contributed by atoms with Crippen molar-refractivity contribution < 1.29 is 22.4 Å². The molecule has 1 aromatic rings. The highest BCUT2D eigenvalue weighted by Gasteiger charge is 2.31. The van der Waals surface area contributed by atoms with E-state index in [1.807, 2.05) is 0 Å². The van der Waals surface area contributed by atoms with E-state index < -0.39 is 17.6 Å². The van der Waals surface area contributed by atoms with Crippen molar-refractivity contribution in [2.45, 2.75) is 12.6 Å². The van der Waals surface area contributed by atoms with Crippen LogP contribution in [0.25, 0.3) is 0 Å². The molecule has 0 saturated carbocycles. The summed E-state index contributed by atoms with van der Waals surface area (Å²) < 4.78 is 49.5. The molecule has 1 aromatic carbocycles. The first-order valence-corrected chi connectivity index (χ1v) is 4.12. The van der Waals surface area contributed by atoms with Gasteiger partial charge in [-0.1, -0.05) is 6.07 Å². The van der Waals surface area contributed by atoms with E-state index in [2.05, 4.69) is 4.84 Å². The van der Waals surface area contributed by atoms with Crippen LogP contribution in [0.2, 0.25) is 0 Å². The zero-order valence-electron chi connectivity index (χ0n) is 7.64. The number of hydrogen-bond acceptors (Lipinski definition) is 2. The molecule has 0 aliphatic heterocycles. The summed E-state index contributed by atoms with van der Waals surface area (Å²) in [6, 6.07) is 2.37. The van der Waals surface area contributed by atoms with Crippen molar-refractivity contribution in [2.75, 3.05) is 6.61 Å². The molecule has 0 bridgehead atoms. The standard InChI is InChI=1S/C9H9F4NO/c10-8-5-7(9(11,12)13)2-1-6(8)3-4-15-14/h1-2,5H,3-4,14H2. The number of hydrogen-bond donors (Lipinski definition) is 1. The zero-order chi connectivity index (χ0) is 11.5. The molecule has 0 radical (unpaired) electrons. The Kier molecular flexibility index (Phi) is 3.65. The molecule has 0 atom stereocenters. The maximum atomic E-state index is 13.1. The van der Waals surface area contributed by atoms with Crippen molar-refractivity contribution in [3.05, 3.63) is 35.1 Å². The van der Waals surface area contributed by atoms with E-state index in [9.17, 15) is 17.6 Å². The minimum Gasteiger partial charge on any atom is -0.304 e. The lowest BCUT2D eigenvalue weighted by Crippen LogP contribution is -2.08. The Labute approximate surface area is 83.6 Å². The van der Waals surface area contributed by atoms with Gasteiger partial charge in [-0.2, -0.15) is 13.2 Å². The molecular formula is C9H9F4NO. The van der Waals surface area contributed by atoms with Crippen LogP contribution in [0, 0.1) is 5.82 Å². The Bertz CT molecular complexity index is 337. The zero-order valence-corrected chi connectivity index (χ0v) is 7.64. The maximum absolute atomic E-state index is 13.1. The number of benzene rings is 1. The minimum atomic E-state index is -4.52. The molecule has 1 rings (SSSR count). The Morgan fingerprint density at radius 1 is 1.27 bits per heavy atom. The topological polar surface area (TPSA) is 35.2 Å². The predicted octanol–water partition coefficient (Wildman–Crippen LogP) is 2.28. The van der Waals surface area contributed by atoms with Gasteiger partial charge in [0.05, 0.1) is 12.2 Å². The smallest absolute Gasteiger partial charge is 0.304 e. The third-order valence-corrected chi connectivity index (χ3v) is 1.87. The molecule has 0 saturated heterocycles. The second-order valence-corrected chi connectivity index (χ2v) is 2.92. The Morgan fingerprint density at radius 3 is 2.40 bits per heavy atom. The van der Waals surface area contributed by atoms with Crippen LogP contribution in [-0.4, -0.2) is 6.61 Å². The quantitative estimate of drug-likeness (QED) is 0.630. The highest BCUT2D eigenvalue weighted by atomic mass is 19.4. The summed E-state index contributed by atoms with van der Waals surface area (Å²) in [6.45, 7) is 0.0578. The number of rotatable bonds is 3. The summed E-state index contributed by atoms with van der Waals surface area (Å²) in [7, 11) is 0. The van der Waals surface area contributed by atoms with Gasteiger partial charge in [0.2, 0.25) is 0 Å². The van der Waals surface area contributed by atoms with Crippen molar-refractivity contribution in [3.8, 4) is 0 Å². The van der Waals surface area contributed by atoms with Gasteiger partial charge in [0.25, 0.3) is 0 Å². The van der Waals surface area contributed by atoms with Crippen LogP contribution >= 0.6 is 0 Å². The van der Waals surface area contributed by atoms with Gasteiger partial charge in [-0.05, 0) is 17.7 Å². The molecule has 2 N–H and O–H groups in total. The molecule has 0 aliphatic rings. The van der Waals surface area contributed by atoms with Crippen LogP contribution in [-0.2, 0) is 17.4 Å². The van der Waals surface area contributed by atoms with Crippen molar-refractivity contribution in [1.29, 1.82) is 0 Å². The molecule has 0 aromatic heterocycles. The van der Waals surface area contributed by atoms with Crippen LogP contribution in [0.5, 0.6) is 0 Å². The van der Waals surface area contributed by atoms with E-state index in [-0.39, 0.29) is 18.6 Å². The second-order valence-electron chi connectivity index (χ2n) is 2.92. The maximum Gasteiger partial charge on any atom is 0.416 e. The molecule has 0 amide bonds. The highest BCUT2D eigenvalue weighted by Crippen LogP contribution is 2.30. The van der Waals surface area contributed by atoms with Crippen molar-refractivity contribution in [1.82, 2.24) is 0 Å². The summed E-state index contributed by atoms with van der Waals surface area (Å²) in [5, 5.41) is 0. The largest absolute Gasteiger partial charge is 0.416 e. The SMILES string of the molecule is NOCCc1ccc(C(F)(F)F)cc1F. The van der Waals surface area contributed by atoms with E-state index in [0.717, 1.165) is 12.1 Å². The molecule has 2 nitrogen and oxygen atoms in total. The number of alkyl halides is 3. The molecule has 0 heterocycles. The van der Waals surface area contributed by atoms with E-state index in [4.69, 9.17) is 5.90 Å². The van der Waals surface area contributed by atoms with Crippen molar-refractivity contribution in [3.63, 3.8) is 0 Å². The summed E-state index contributed by atoms with van der Waals surface area (Å²) in [5.74, 6) is 3.82. The molecular weight excluding hydrogens is 214 g/mol. The van der Waals surface area contributed by atoms with Gasteiger partial charge in [-0.3, -0.25) is 0 Å². The van der Waals surface area contributed by atoms with E-state index in [1.54, 1.807) is 0 Å². The minimum absolute atomic E-state index is 0.0578. The van der Waals surface area contributed by atoms with Gasteiger partial charge >= 0.3 is 6.18 Å². The molecule has 0 aliphatic carbocycles. The summed E-state index contributed by atoms with van der Waals surface area (Å²) in [4.78, 5) is 4.21. The van der Waals surface area contributed by atoms with Crippen LogP contribution in [0.3, 0.4) is 0 Å². The van der Waals surface area contributed by atoms with Crippen molar-refractivity contribution in [2.24, 2.45) is 5.90 Å². The lowest BCUT2D eigenvalue weighted by Gasteiger charge is -2.08. The fraction of sp³-hybridized carbons (Fsp3) is 0.333. The first-order valence-electron chi connectivity index (χ1n) is 4.12. The van der Waals surface area contributed by atoms with Gasteiger partial charge in [-0.25, -0.2) is 10.3 Å². The first kappa shape index (κ1) is 11.9. The molecule has 0 spiro atoms. The van der Waals surface area contributed by atoms with E-state index in [0.29, 0.717) is 6.07 Å². The average Bonchev–Trinajstić information content (AvgIpc) is 2.14. The predicted molar refractivity (Wildman–Crippen MR) is 45.2 cm³/mol. The van der Waals surface area contributed by atoms with Gasteiger partial charge < -0.3 is 4.84 Å². The summed E-state index contributed by atoms with van der Waals surface area (Å²) in [6.07, 6.45) is -4.38. The third-order valence-electron chi connectivity index (χ3n) is 1.87. The van der Waals surface area contributed by atoms with Gasteiger partial charge in [0, 0.05) is 6.42 Å². The van der Waals surface area contributed by atoms with Gasteiger partial charge in [0.1, 0.15) is 5.82 Å². The normalized spacial score (nSPS) is 11.8. The lowest BCUT2D eigenvalue weighted by atomic mass is 10.1. The fourth-order valence-electron chi connectivity index (χ4n) is 1.10. The lowest BCUT2D eigenvalue weighted by molar-refractivity contribution is -0.137. The van der Waals surface area contributed by atoms with Crippen LogP contribution < -0.4 is 5.90 Å². The number of nitrogens with two attached hydrogens (primary N) is 1. The highest BCUT2D eigenvalue weighted by molar-refractivity contribution is 5.26. The molecule has 0 fully saturated rings.